The number of nitrogens with one attached hydrogen (secondary N) is 1. The van der Waals surface area contributed by atoms with E-state index in [0.717, 1.165) is 29.9 Å². The lowest BCUT2D eigenvalue weighted by molar-refractivity contribution is -0.142. The van der Waals surface area contributed by atoms with Gasteiger partial charge in [0.1, 0.15) is 12.4 Å². The van der Waals surface area contributed by atoms with Crippen LogP contribution in [-0.2, 0) is 19.1 Å². The lowest BCUT2D eigenvalue weighted by Crippen LogP contribution is -2.36. The van der Waals surface area contributed by atoms with Crippen molar-refractivity contribution in [3.8, 4) is 17.2 Å². The van der Waals surface area contributed by atoms with Crippen LogP contribution < -0.4 is 14.8 Å². The van der Waals surface area contributed by atoms with Gasteiger partial charge >= 0.3 is 5.97 Å². The monoisotopic (exact) mass is 567 g/mol. The molecule has 0 bridgehead atoms. The van der Waals surface area contributed by atoms with Crippen LogP contribution in [0.2, 0.25) is 5.02 Å². The molecule has 0 amide bonds. The van der Waals surface area contributed by atoms with E-state index in [1.54, 1.807) is 12.1 Å². The normalized spacial score (nSPS) is 22.6. The minimum Gasteiger partial charge on any atom is -0.503 e. The molecule has 0 unspecified atom stereocenters. The summed E-state index contributed by atoms with van der Waals surface area (Å²) in [4.78, 5) is 27.5. The molecular weight excluding hydrogens is 534 g/mol. The number of methoxy groups -OCH3 is 1. The molecule has 3 atom stereocenters. The maximum Gasteiger partial charge on any atom is 0.336 e. The number of Topliss-reactive ketones (excluding diaryl/α,β-unsaturated/α-hetero) is 1. The number of allylic oxidation sites excluding steroid dienone is 3. The third kappa shape index (κ3) is 5.56. The maximum atomic E-state index is 13.9. The first-order valence-corrected chi connectivity index (χ1v) is 14.0. The lowest BCUT2D eigenvalue weighted by Gasteiger charge is -2.37. The van der Waals surface area contributed by atoms with Crippen LogP contribution in [0.3, 0.4) is 0 Å². The van der Waals surface area contributed by atoms with E-state index in [4.69, 9.17) is 30.5 Å². The molecule has 2 N–H and O–H groups in total. The summed E-state index contributed by atoms with van der Waals surface area (Å²) in [6.07, 6.45) is 2.50. The van der Waals surface area contributed by atoms with Gasteiger partial charge in [-0.25, -0.2) is 4.79 Å². The van der Waals surface area contributed by atoms with Gasteiger partial charge in [0.15, 0.2) is 17.3 Å². The molecule has 9 heteroatoms. The molecule has 1 aliphatic carbocycles. The number of aromatic hydroxyl groups is 1. The fourth-order valence-corrected chi connectivity index (χ4v) is 6.04. The van der Waals surface area contributed by atoms with Gasteiger partial charge in [-0.2, -0.15) is 0 Å². The van der Waals surface area contributed by atoms with E-state index in [1.807, 2.05) is 38.1 Å². The summed E-state index contributed by atoms with van der Waals surface area (Å²) < 4.78 is 22.3. The van der Waals surface area contributed by atoms with Crippen LogP contribution in [-0.4, -0.2) is 49.9 Å². The van der Waals surface area contributed by atoms with Gasteiger partial charge in [-0.05, 0) is 74.4 Å². The van der Waals surface area contributed by atoms with E-state index >= 15 is 0 Å². The van der Waals surface area contributed by atoms with Gasteiger partial charge in [-0.15, -0.1) is 0 Å². The van der Waals surface area contributed by atoms with Crippen molar-refractivity contribution in [3.63, 3.8) is 0 Å². The number of phenols is 1. The fraction of sp³-hybridized carbons (Fsp3) is 0.419. The number of phenolic OH excluding ortho intramolecular Hbond substituents is 1. The Bertz CT molecular complexity index is 1360. The van der Waals surface area contributed by atoms with Crippen LogP contribution in [0.5, 0.6) is 17.2 Å². The number of ether oxygens (including phenoxy) is 4. The Morgan fingerprint density at radius 3 is 2.62 bits per heavy atom. The number of rotatable bonds is 8. The van der Waals surface area contributed by atoms with Gasteiger partial charge < -0.3 is 29.4 Å². The molecule has 1 fully saturated rings. The first-order valence-electron chi connectivity index (χ1n) is 13.6. The molecule has 5 rings (SSSR count). The fourth-order valence-electron chi connectivity index (χ4n) is 5.82. The van der Waals surface area contributed by atoms with Gasteiger partial charge in [0, 0.05) is 35.9 Å². The quantitative estimate of drug-likeness (QED) is 0.401. The van der Waals surface area contributed by atoms with E-state index < -0.39 is 11.9 Å². The Morgan fingerprint density at radius 1 is 1.18 bits per heavy atom. The van der Waals surface area contributed by atoms with Gasteiger partial charge in [0.2, 0.25) is 0 Å². The Morgan fingerprint density at radius 2 is 1.95 bits per heavy atom. The number of esters is 1. The molecule has 0 radical (unpaired) electrons. The van der Waals surface area contributed by atoms with Crippen molar-refractivity contribution in [2.24, 2.45) is 0 Å². The zero-order valence-electron chi connectivity index (χ0n) is 22.9. The summed E-state index contributed by atoms with van der Waals surface area (Å²) in [5, 5.41) is 13.8. The second-order valence-electron chi connectivity index (χ2n) is 10.3. The number of ketones is 1. The summed E-state index contributed by atoms with van der Waals surface area (Å²) in [6, 6.07) is 11.0. The summed E-state index contributed by atoms with van der Waals surface area (Å²) in [7, 11) is 1.42. The van der Waals surface area contributed by atoms with E-state index in [2.05, 4.69) is 5.32 Å². The molecule has 3 aliphatic rings. The van der Waals surface area contributed by atoms with Crippen molar-refractivity contribution in [3.05, 3.63) is 75.1 Å². The van der Waals surface area contributed by atoms with Crippen molar-refractivity contribution in [1.82, 2.24) is 5.32 Å². The summed E-state index contributed by atoms with van der Waals surface area (Å²) in [5.74, 6) is -0.636. The highest BCUT2D eigenvalue weighted by Crippen LogP contribution is 2.48. The van der Waals surface area contributed by atoms with Gasteiger partial charge in [0.05, 0.1) is 30.4 Å². The number of carbonyl (C=O) groups is 2. The summed E-state index contributed by atoms with van der Waals surface area (Å²) >= 11 is 6.37. The van der Waals surface area contributed by atoms with E-state index in [-0.39, 0.29) is 47.4 Å². The smallest absolute Gasteiger partial charge is 0.336 e. The van der Waals surface area contributed by atoms with E-state index in [0.29, 0.717) is 42.0 Å². The summed E-state index contributed by atoms with van der Waals surface area (Å²) in [5.41, 5.74) is 3.79. The lowest BCUT2D eigenvalue weighted by atomic mass is 9.71. The predicted molar refractivity (Wildman–Crippen MR) is 150 cm³/mol. The van der Waals surface area contributed by atoms with Crippen molar-refractivity contribution >= 4 is 23.4 Å². The second-order valence-corrected chi connectivity index (χ2v) is 10.7. The number of benzene rings is 2. The van der Waals surface area contributed by atoms with E-state index in [9.17, 15) is 14.7 Å². The standard InChI is InChI=1S/C31H34ClNO7/c1-4-38-21-9-7-18(8-10-21)19-13-24-29(25(34)14-19)28(20-12-23(32)30(35)26(15-20)37-3)27(17(2)33-24)31(36)40-16-22-6-5-11-39-22/h7-10,12,15,19,22,28,33,35H,4-6,11,13-14,16H2,1-3H3/t19-,22-,28+/m1/s1. The summed E-state index contributed by atoms with van der Waals surface area (Å²) in [6.45, 7) is 5.12. The first-order chi connectivity index (χ1) is 19.3. The molecule has 8 nitrogen and oxygen atoms in total. The average molecular weight is 568 g/mol. The highest BCUT2D eigenvalue weighted by atomic mass is 35.5. The topological polar surface area (TPSA) is 103 Å². The van der Waals surface area contributed by atoms with Crippen molar-refractivity contribution in [2.75, 3.05) is 26.9 Å². The molecule has 0 aromatic heterocycles. The molecule has 0 saturated carbocycles. The van der Waals surface area contributed by atoms with Crippen LogP contribution in [0.15, 0.2) is 58.9 Å². The van der Waals surface area contributed by atoms with Gasteiger partial charge in [-0.3, -0.25) is 4.79 Å². The van der Waals surface area contributed by atoms with E-state index in [1.165, 1.54) is 7.11 Å². The molecule has 212 valence electrons. The first kappa shape index (κ1) is 28.1. The number of hydrogen-bond acceptors (Lipinski definition) is 8. The minimum atomic E-state index is -0.742. The zero-order valence-corrected chi connectivity index (χ0v) is 23.7. The average Bonchev–Trinajstić information content (AvgIpc) is 3.47. The zero-order chi connectivity index (χ0) is 28.4. The Hall–Kier alpha value is -3.49. The second kappa shape index (κ2) is 11.9. The molecule has 40 heavy (non-hydrogen) atoms. The van der Waals surface area contributed by atoms with Gasteiger partial charge in [-0.1, -0.05) is 23.7 Å². The largest absolute Gasteiger partial charge is 0.503 e. The van der Waals surface area contributed by atoms with Crippen LogP contribution in [0, 0.1) is 0 Å². The molecular formula is C31H34ClNO7. The number of carbonyl (C=O) groups excluding carboxylic acids is 2. The maximum absolute atomic E-state index is 13.9. The van der Waals surface area contributed by atoms with Crippen molar-refractivity contribution in [2.45, 2.75) is 57.5 Å². The Balaban J connectivity index is 1.52. The highest BCUT2D eigenvalue weighted by Gasteiger charge is 2.42. The minimum absolute atomic E-state index is 0.0335. The third-order valence-electron chi connectivity index (χ3n) is 7.74. The molecule has 2 heterocycles. The van der Waals surface area contributed by atoms with Crippen molar-refractivity contribution < 1.29 is 33.6 Å². The molecule has 0 spiro atoms. The number of hydrogen-bond donors (Lipinski definition) is 2. The van der Waals surface area contributed by atoms with Crippen LogP contribution in [0.25, 0.3) is 0 Å². The SMILES string of the molecule is CCOc1ccc([C@H]2CC(=O)C3=C(C2)NC(C)=C(C(=O)OC[C@H]2CCCO2)[C@@H]3c2cc(Cl)c(O)c(OC)c2)cc1. The highest BCUT2D eigenvalue weighted by molar-refractivity contribution is 6.32. The molecule has 1 saturated heterocycles. The van der Waals surface area contributed by atoms with Crippen LogP contribution in [0.4, 0.5) is 0 Å². The molecule has 2 aliphatic heterocycles. The number of halogens is 1. The van der Waals surface area contributed by atoms with Gasteiger partial charge in [0.25, 0.3) is 0 Å². The predicted octanol–water partition coefficient (Wildman–Crippen LogP) is 5.54. The Kier molecular flexibility index (Phi) is 8.38. The van der Waals surface area contributed by atoms with Crippen LogP contribution >= 0.6 is 11.6 Å². The molecule has 2 aromatic rings. The van der Waals surface area contributed by atoms with Crippen LogP contribution in [0.1, 0.15) is 62.5 Å². The third-order valence-corrected chi connectivity index (χ3v) is 8.03. The Labute approximate surface area is 238 Å². The van der Waals surface area contributed by atoms with Crippen molar-refractivity contribution in [1.29, 1.82) is 0 Å². The molecule has 2 aromatic carbocycles. The number of dihydropyridines is 1.